The summed E-state index contributed by atoms with van der Waals surface area (Å²) in [5.41, 5.74) is 8.20. The van der Waals surface area contributed by atoms with E-state index >= 15 is 0 Å². The molecular weight excluding hydrogens is 304 g/mol. The highest BCUT2D eigenvalue weighted by Gasteiger charge is 2.15. The molecule has 0 atom stereocenters. The standard InChI is InChI=1S/C13H10N6S2/c1-19-11-9(10(14)15-6-16-11)18-12(19)21-13-17-7-4-2-3-5-8(7)20-13/h2-6H,1H3,(H2,14,15,16). The molecule has 0 aliphatic carbocycles. The summed E-state index contributed by atoms with van der Waals surface area (Å²) in [6.07, 6.45) is 1.45. The van der Waals surface area contributed by atoms with Crippen LogP contribution in [0.25, 0.3) is 21.4 Å². The van der Waals surface area contributed by atoms with Gasteiger partial charge in [-0.1, -0.05) is 12.1 Å². The third-order valence-corrected chi connectivity index (χ3v) is 5.24. The number of benzene rings is 1. The molecule has 1 aromatic carbocycles. The van der Waals surface area contributed by atoms with Gasteiger partial charge >= 0.3 is 0 Å². The van der Waals surface area contributed by atoms with Gasteiger partial charge in [0.15, 0.2) is 26.5 Å². The summed E-state index contributed by atoms with van der Waals surface area (Å²) in [7, 11) is 1.91. The van der Waals surface area contributed by atoms with Gasteiger partial charge in [-0.3, -0.25) is 0 Å². The summed E-state index contributed by atoms with van der Waals surface area (Å²) in [6, 6.07) is 8.08. The van der Waals surface area contributed by atoms with Gasteiger partial charge in [0.05, 0.1) is 10.2 Å². The molecule has 4 rings (SSSR count). The number of imidazole rings is 1. The van der Waals surface area contributed by atoms with Crippen molar-refractivity contribution in [2.75, 3.05) is 5.73 Å². The van der Waals surface area contributed by atoms with E-state index in [0.29, 0.717) is 11.3 Å². The van der Waals surface area contributed by atoms with Gasteiger partial charge in [-0.15, -0.1) is 11.3 Å². The predicted octanol–water partition coefficient (Wildman–Crippen LogP) is 2.71. The summed E-state index contributed by atoms with van der Waals surface area (Å²) in [5.74, 6) is 0.395. The van der Waals surface area contributed by atoms with Crippen molar-refractivity contribution in [1.82, 2.24) is 24.5 Å². The first-order valence-corrected chi connectivity index (χ1v) is 7.82. The number of fused-ring (bicyclic) bond motifs is 2. The minimum atomic E-state index is 0.395. The van der Waals surface area contributed by atoms with Crippen LogP contribution in [0.1, 0.15) is 0 Å². The lowest BCUT2D eigenvalue weighted by Crippen LogP contribution is -1.95. The molecule has 2 N–H and O–H groups in total. The quantitative estimate of drug-likeness (QED) is 0.612. The van der Waals surface area contributed by atoms with Crippen LogP contribution in [0.2, 0.25) is 0 Å². The first kappa shape index (κ1) is 12.5. The highest BCUT2D eigenvalue weighted by atomic mass is 32.2. The fourth-order valence-corrected chi connectivity index (χ4v) is 4.08. The molecule has 0 bridgehead atoms. The highest BCUT2D eigenvalue weighted by molar-refractivity contribution is 8.01. The number of aryl methyl sites for hydroxylation is 1. The van der Waals surface area contributed by atoms with Crippen molar-refractivity contribution < 1.29 is 0 Å². The average Bonchev–Trinajstić information content (AvgIpc) is 3.03. The Morgan fingerprint density at radius 3 is 2.86 bits per heavy atom. The first-order chi connectivity index (χ1) is 10.2. The lowest BCUT2D eigenvalue weighted by Gasteiger charge is -1.97. The van der Waals surface area contributed by atoms with Crippen LogP contribution in [0, 0.1) is 0 Å². The maximum Gasteiger partial charge on any atom is 0.177 e. The Labute approximate surface area is 128 Å². The van der Waals surface area contributed by atoms with Crippen molar-refractivity contribution >= 4 is 50.3 Å². The maximum atomic E-state index is 5.84. The number of hydrogen-bond acceptors (Lipinski definition) is 7. The normalized spacial score (nSPS) is 11.5. The largest absolute Gasteiger partial charge is 0.382 e. The maximum absolute atomic E-state index is 5.84. The highest BCUT2D eigenvalue weighted by Crippen LogP contribution is 2.34. The third-order valence-electron chi connectivity index (χ3n) is 3.10. The number of rotatable bonds is 2. The molecule has 0 saturated carbocycles. The van der Waals surface area contributed by atoms with Crippen molar-refractivity contribution in [2.45, 2.75) is 9.50 Å². The van der Waals surface area contributed by atoms with Gasteiger partial charge in [-0.2, -0.15) is 0 Å². The second kappa shape index (κ2) is 4.68. The van der Waals surface area contributed by atoms with Gasteiger partial charge in [-0.25, -0.2) is 19.9 Å². The topological polar surface area (TPSA) is 82.5 Å². The molecule has 104 valence electrons. The van der Waals surface area contributed by atoms with Crippen LogP contribution in [-0.4, -0.2) is 24.5 Å². The second-order valence-corrected chi connectivity index (χ2v) is 6.68. The number of aromatic nitrogens is 5. The Morgan fingerprint density at radius 2 is 2.05 bits per heavy atom. The van der Waals surface area contributed by atoms with E-state index in [1.165, 1.54) is 18.1 Å². The van der Waals surface area contributed by atoms with Crippen LogP contribution in [0.3, 0.4) is 0 Å². The minimum absolute atomic E-state index is 0.395. The molecule has 3 heterocycles. The third kappa shape index (κ3) is 2.03. The van der Waals surface area contributed by atoms with Crippen molar-refractivity contribution in [3.8, 4) is 0 Å². The zero-order valence-electron chi connectivity index (χ0n) is 11.0. The Hall–Kier alpha value is -2.19. The van der Waals surface area contributed by atoms with Crippen molar-refractivity contribution in [3.63, 3.8) is 0 Å². The Morgan fingerprint density at radius 1 is 1.19 bits per heavy atom. The Kier molecular flexibility index (Phi) is 2.79. The SMILES string of the molecule is Cn1c(Sc2nc3ccccc3s2)nc2c(N)ncnc21. The van der Waals surface area contributed by atoms with E-state index in [0.717, 1.165) is 25.4 Å². The van der Waals surface area contributed by atoms with Crippen molar-refractivity contribution in [3.05, 3.63) is 30.6 Å². The molecule has 21 heavy (non-hydrogen) atoms. The Bertz CT molecular complexity index is 925. The van der Waals surface area contributed by atoms with E-state index in [2.05, 4.69) is 26.0 Å². The molecule has 6 nitrogen and oxygen atoms in total. The van der Waals surface area contributed by atoms with E-state index in [1.54, 1.807) is 11.3 Å². The molecule has 0 radical (unpaired) electrons. The molecule has 0 saturated heterocycles. The van der Waals surface area contributed by atoms with E-state index < -0.39 is 0 Å². The number of nitrogens with two attached hydrogens (primary N) is 1. The smallest absolute Gasteiger partial charge is 0.177 e. The van der Waals surface area contributed by atoms with Crippen LogP contribution in [0.15, 0.2) is 40.1 Å². The van der Waals surface area contributed by atoms with Crippen LogP contribution in [-0.2, 0) is 7.05 Å². The van der Waals surface area contributed by atoms with Gasteiger partial charge in [0.25, 0.3) is 0 Å². The molecule has 0 spiro atoms. The zero-order chi connectivity index (χ0) is 14.4. The van der Waals surface area contributed by atoms with Crippen LogP contribution in [0.5, 0.6) is 0 Å². The molecule has 0 aliphatic heterocycles. The fraction of sp³-hybridized carbons (Fsp3) is 0.0769. The predicted molar refractivity (Wildman–Crippen MR) is 84.5 cm³/mol. The number of nitrogen functional groups attached to an aromatic ring is 1. The second-order valence-electron chi connectivity index (χ2n) is 4.43. The van der Waals surface area contributed by atoms with Gasteiger partial charge in [0.1, 0.15) is 6.33 Å². The van der Waals surface area contributed by atoms with Crippen molar-refractivity contribution in [2.24, 2.45) is 7.05 Å². The fourth-order valence-electron chi connectivity index (χ4n) is 2.06. The van der Waals surface area contributed by atoms with Gasteiger partial charge in [-0.05, 0) is 23.9 Å². The Balaban J connectivity index is 1.80. The number of hydrogen-bond donors (Lipinski definition) is 1. The van der Waals surface area contributed by atoms with Crippen molar-refractivity contribution in [1.29, 1.82) is 0 Å². The first-order valence-electron chi connectivity index (χ1n) is 6.18. The molecular formula is C13H10N6S2. The van der Waals surface area contributed by atoms with Gasteiger partial charge in [0.2, 0.25) is 0 Å². The molecule has 0 amide bonds. The number of thiazole rings is 1. The summed E-state index contributed by atoms with van der Waals surface area (Å²) < 4.78 is 4.02. The molecule has 0 aliphatic rings. The minimum Gasteiger partial charge on any atom is -0.382 e. The number of anilines is 1. The average molecular weight is 314 g/mol. The van der Waals surface area contributed by atoms with Gasteiger partial charge < -0.3 is 10.3 Å². The summed E-state index contributed by atoms with van der Waals surface area (Å²) in [4.78, 5) is 17.3. The molecule has 0 unspecified atom stereocenters. The van der Waals surface area contributed by atoms with E-state index in [9.17, 15) is 0 Å². The molecule has 3 aromatic heterocycles. The lowest BCUT2D eigenvalue weighted by molar-refractivity contribution is 0.805. The number of nitrogens with zero attached hydrogens (tertiary/aromatic N) is 5. The lowest BCUT2D eigenvalue weighted by atomic mass is 10.3. The summed E-state index contributed by atoms with van der Waals surface area (Å²) >= 11 is 3.16. The molecule has 8 heteroatoms. The van der Waals surface area contributed by atoms with E-state index in [1.807, 2.05) is 29.8 Å². The zero-order valence-corrected chi connectivity index (χ0v) is 12.6. The molecule has 0 fully saturated rings. The summed E-state index contributed by atoms with van der Waals surface area (Å²) in [5, 5.41) is 0.802. The van der Waals surface area contributed by atoms with Gasteiger partial charge in [0, 0.05) is 7.05 Å². The monoisotopic (exact) mass is 314 g/mol. The van der Waals surface area contributed by atoms with Crippen LogP contribution in [0.4, 0.5) is 5.82 Å². The van der Waals surface area contributed by atoms with Crippen LogP contribution < -0.4 is 5.73 Å². The number of para-hydroxylation sites is 1. The van der Waals surface area contributed by atoms with Crippen LogP contribution >= 0.6 is 23.1 Å². The summed E-state index contributed by atoms with van der Waals surface area (Å²) in [6.45, 7) is 0. The molecule has 4 aromatic rings. The van der Waals surface area contributed by atoms with E-state index in [4.69, 9.17) is 5.73 Å². The van der Waals surface area contributed by atoms with E-state index in [-0.39, 0.29) is 0 Å².